The normalized spacial score (nSPS) is 10.7. The maximum absolute atomic E-state index is 12.6. The monoisotopic (exact) mass is 268 g/mol. The SMILES string of the molecule is C=C(N)Nc1cccc2sc3ccccc3c(=O)c12. The van der Waals surface area contributed by atoms with Crippen molar-refractivity contribution in [3.8, 4) is 0 Å². The molecule has 0 bridgehead atoms. The molecule has 0 unspecified atom stereocenters. The molecule has 1 heterocycles. The van der Waals surface area contributed by atoms with Crippen LogP contribution in [0.1, 0.15) is 0 Å². The Labute approximate surface area is 114 Å². The van der Waals surface area contributed by atoms with Gasteiger partial charge in [-0.05, 0) is 24.3 Å². The Kier molecular flexibility index (Phi) is 2.72. The summed E-state index contributed by atoms with van der Waals surface area (Å²) >= 11 is 1.60. The van der Waals surface area contributed by atoms with Gasteiger partial charge in [-0.15, -0.1) is 11.3 Å². The molecule has 3 N–H and O–H groups in total. The van der Waals surface area contributed by atoms with E-state index in [0.29, 0.717) is 16.9 Å². The van der Waals surface area contributed by atoms with E-state index in [2.05, 4.69) is 11.9 Å². The average molecular weight is 268 g/mol. The zero-order valence-electron chi connectivity index (χ0n) is 10.1. The predicted molar refractivity (Wildman–Crippen MR) is 82.6 cm³/mol. The number of rotatable bonds is 2. The molecule has 1 aromatic heterocycles. The molecule has 2 aromatic carbocycles. The molecule has 0 atom stereocenters. The van der Waals surface area contributed by atoms with Crippen LogP contribution in [0.4, 0.5) is 5.69 Å². The van der Waals surface area contributed by atoms with Crippen LogP contribution in [0.25, 0.3) is 20.2 Å². The average Bonchev–Trinajstić information content (AvgIpc) is 2.38. The van der Waals surface area contributed by atoms with Gasteiger partial charge in [-0.1, -0.05) is 24.8 Å². The fourth-order valence-corrected chi connectivity index (χ4v) is 3.23. The van der Waals surface area contributed by atoms with Crippen molar-refractivity contribution in [3.05, 3.63) is 65.1 Å². The zero-order chi connectivity index (χ0) is 13.4. The van der Waals surface area contributed by atoms with Crippen molar-refractivity contribution in [2.45, 2.75) is 0 Å². The van der Waals surface area contributed by atoms with Crippen LogP contribution in [-0.4, -0.2) is 0 Å². The number of benzene rings is 2. The van der Waals surface area contributed by atoms with E-state index in [1.807, 2.05) is 42.5 Å². The molecule has 0 amide bonds. The van der Waals surface area contributed by atoms with E-state index >= 15 is 0 Å². The molecule has 19 heavy (non-hydrogen) atoms. The second-order valence-electron chi connectivity index (χ2n) is 4.26. The third-order valence-electron chi connectivity index (χ3n) is 2.90. The minimum Gasteiger partial charge on any atom is -0.386 e. The number of hydrogen-bond acceptors (Lipinski definition) is 4. The lowest BCUT2D eigenvalue weighted by atomic mass is 10.1. The van der Waals surface area contributed by atoms with Gasteiger partial charge in [0.1, 0.15) is 0 Å². The van der Waals surface area contributed by atoms with Crippen molar-refractivity contribution >= 4 is 37.2 Å². The summed E-state index contributed by atoms with van der Waals surface area (Å²) in [6.45, 7) is 3.62. The minimum atomic E-state index is 0.0219. The summed E-state index contributed by atoms with van der Waals surface area (Å²) in [6, 6.07) is 13.3. The third kappa shape index (κ3) is 1.96. The van der Waals surface area contributed by atoms with E-state index in [4.69, 9.17) is 5.73 Å². The number of fused-ring (bicyclic) bond motifs is 2. The molecule has 0 aliphatic rings. The van der Waals surface area contributed by atoms with E-state index in [1.54, 1.807) is 11.3 Å². The highest BCUT2D eigenvalue weighted by molar-refractivity contribution is 7.24. The van der Waals surface area contributed by atoms with Crippen LogP contribution in [0.2, 0.25) is 0 Å². The summed E-state index contributed by atoms with van der Waals surface area (Å²) in [6.07, 6.45) is 0. The fraction of sp³-hybridized carbons (Fsp3) is 0. The maximum Gasteiger partial charge on any atom is 0.197 e. The first-order valence-electron chi connectivity index (χ1n) is 5.83. The second-order valence-corrected chi connectivity index (χ2v) is 5.34. The van der Waals surface area contributed by atoms with Gasteiger partial charge < -0.3 is 11.1 Å². The predicted octanol–water partition coefficient (Wildman–Crippen LogP) is 3.26. The lowest BCUT2D eigenvalue weighted by Gasteiger charge is -2.09. The Hall–Kier alpha value is -2.33. The first-order valence-corrected chi connectivity index (χ1v) is 6.64. The van der Waals surface area contributed by atoms with Crippen molar-refractivity contribution in [1.82, 2.24) is 0 Å². The molecule has 0 aliphatic carbocycles. The molecule has 0 saturated heterocycles. The van der Waals surface area contributed by atoms with Gasteiger partial charge in [-0.3, -0.25) is 4.79 Å². The number of nitrogens with two attached hydrogens (primary N) is 1. The first kappa shape index (κ1) is 11.7. The summed E-state index contributed by atoms with van der Waals surface area (Å²) in [4.78, 5) is 12.6. The first-order chi connectivity index (χ1) is 9.16. The highest BCUT2D eigenvalue weighted by atomic mass is 32.1. The van der Waals surface area contributed by atoms with Crippen molar-refractivity contribution in [3.63, 3.8) is 0 Å². The molecular formula is C15H12N2OS. The molecular weight excluding hydrogens is 256 g/mol. The van der Waals surface area contributed by atoms with Crippen LogP contribution in [0.5, 0.6) is 0 Å². The summed E-state index contributed by atoms with van der Waals surface area (Å²) in [5.41, 5.74) is 6.30. The topological polar surface area (TPSA) is 55.1 Å². The molecule has 3 aromatic rings. The molecule has 0 fully saturated rings. The molecule has 4 heteroatoms. The molecule has 3 nitrogen and oxygen atoms in total. The standard InChI is InChI=1S/C15H12N2OS/c1-9(16)17-11-6-4-8-13-14(11)15(18)10-5-2-3-7-12(10)19-13/h2-8,17H,1,16H2. The van der Waals surface area contributed by atoms with Gasteiger partial charge in [0.05, 0.1) is 16.9 Å². The molecule has 0 radical (unpaired) electrons. The van der Waals surface area contributed by atoms with E-state index in [9.17, 15) is 4.79 Å². The minimum absolute atomic E-state index is 0.0219. The van der Waals surface area contributed by atoms with Gasteiger partial charge >= 0.3 is 0 Å². The van der Waals surface area contributed by atoms with Crippen molar-refractivity contribution in [1.29, 1.82) is 0 Å². The van der Waals surface area contributed by atoms with Crippen LogP contribution in [0.3, 0.4) is 0 Å². The number of nitrogens with one attached hydrogen (secondary N) is 1. The van der Waals surface area contributed by atoms with Crippen LogP contribution in [0, 0.1) is 0 Å². The quantitative estimate of drug-likeness (QED) is 0.701. The lowest BCUT2D eigenvalue weighted by Crippen LogP contribution is -2.10. The summed E-state index contributed by atoms with van der Waals surface area (Å²) in [5.74, 6) is 0.324. The third-order valence-corrected chi connectivity index (χ3v) is 4.04. The summed E-state index contributed by atoms with van der Waals surface area (Å²) in [7, 11) is 0. The maximum atomic E-state index is 12.6. The van der Waals surface area contributed by atoms with Gasteiger partial charge in [0, 0.05) is 14.8 Å². The van der Waals surface area contributed by atoms with Crippen LogP contribution in [0.15, 0.2) is 59.7 Å². The second kappa shape index (κ2) is 4.40. The number of hydrogen-bond donors (Lipinski definition) is 2. The van der Waals surface area contributed by atoms with E-state index in [0.717, 1.165) is 14.8 Å². The Balaban J connectivity index is 2.45. The van der Waals surface area contributed by atoms with Gasteiger partial charge in [-0.2, -0.15) is 0 Å². The van der Waals surface area contributed by atoms with Gasteiger partial charge in [0.2, 0.25) is 0 Å². The van der Waals surface area contributed by atoms with Crippen molar-refractivity contribution < 1.29 is 0 Å². The van der Waals surface area contributed by atoms with Gasteiger partial charge in [0.15, 0.2) is 5.43 Å². The van der Waals surface area contributed by atoms with Crippen molar-refractivity contribution in [2.75, 3.05) is 5.32 Å². The molecule has 0 saturated carbocycles. The molecule has 0 spiro atoms. The van der Waals surface area contributed by atoms with Crippen LogP contribution >= 0.6 is 11.3 Å². The van der Waals surface area contributed by atoms with Gasteiger partial charge in [0.25, 0.3) is 0 Å². The highest BCUT2D eigenvalue weighted by Gasteiger charge is 2.09. The molecule has 0 aliphatic heterocycles. The van der Waals surface area contributed by atoms with Gasteiger partial charge in [-0.25, -0.2) is 0 Å². The molecule has 94 valence electrons. The van der Waals surface area contributed by atoms with E-state index in [-0.39, 0.29) is 5.43 Å². The Morgan fingerprint density at radius 3 is 2.63 bits per heavy atom. The van der Waals surface area contributed by atoms with Crippen molar-refractivity contribution in [2.24, 2.45) is 5.73 Å². The Bertz CT molecular complexity index is 852. The van der Waals surface area contributed by atoms with E-state index < -0.39 is 0 Å². The lowest BCUT2D eigenvalue weighted by molar-refractivity contribution is 1.34. The zero-order valence-corrected chi connectivity index (χ0v) is 11.0. The molecule has 3 rings (SSSR count). The fourth-order valence-electron chi connectivity index (χ4n) is 2.12. The van der Waals surface area contributed by atoms with Crippen LogP contribution in [-0.2, 0) is 0 Å². The highest BCUT2D eigenvalue weighted by Crippen LogP contribution is 2.28. The summed E-state index contributed by atoms with van der Waals surface area (Å²) < 4.78 is 1.93. The largest absolute Gasteiger partial charge is 0.386 e. The van der Waals surface area contributed by atoms with E-state index in [1.165, 1.54) is 0 Å². The Morgan fingerprint density at radius 2 is 1.84 bits per heavy atom. The number of anilines is 1. The smallest absolute Gasteiger partial charge is 0.197 e. The van der Waals surface area contributed by atoms with Crippen LogP contribution < -0.4 is 16.5 Å². The Morgan fingerprint density at radius 1 is 1.11 bits per heavy atom. The summed E-state index contributed by atoms with van der Waals surface area (Å²) in [5, 5.41) is 4.34.